The molecule has 0 bridgehead atoms. The molecule has 0 spiro atoms. The standard InChI is InChI=1S/C12H17NO5/c1-11(2)15-7-6(5-13)14-10-9(8(7)16-11)17-12(3,4)18-10/h6-10H,1-4H3/t6-,7+,8+,9-,10-/m1/s1. The van der Waals surface area contributed by atoms with Gasteiger partial charge in [0.2, 0.25) is 0 Å². The van der Waals surface area contributed by atoms with Crippen molar-refractivity contribution in [3.05, 3.63) is 0 Å². The minimum Gasteiger partial charge on any atom is -0.341 e. The van der Waals surface area contributed by atoms with Crippen molar-refractivity contribution in [2.45, 2.75) is 70.0 Å². The summed E-state index contributed by atoms with van der Waals surface area (Å²) in [6.45, 7) is 7.25. The predicted octanol–water partition coefficient (Wildman–Crippen LogP) is 0.906. The van der Waals surface area contributed by atoms with Gasteiger partial charge < -0.3 is 23.7 Å². The number of hydrogen-bond donors (Lipinski definition) is 0. The van der Waals surface area contributed by atoms with E-state index < -0.39 is 30.1 Å². The van der Waals surface area contributed by atoms with Gasteiger partial charge in [0, 0.05) is 0 Å². The normalized spacial score (nSPS) is 48.3. The number of hydrogen-bond acceptors (Lipinski definition) is 6. The van der Waals surface area contributed by atoms with E-state index in [-0.39, 0.29) is 12.2 Å². The van der Waals surface area contributed by atoms with Gasteiger partial charge in [-0.15, -0.1) is 0 Å². The first-order valence-electron chi connectivity index (χ1n) is 6.08. The van der Waals surface area contributed by atoms with E-state index in [0.717, 1.165) is 0 Å². The molecule has 3 heterocycles. The molecule has 6 nitrogen and oxygen atoms in total. The lowest BCUT2D eigenvalue weighted by Gasteiger charge is -2.33. The van der Waals surface area contributed by atoms with Gasteiger partial charge >= 0.3 is 0 Å². The number of nitrogens with zero attached hydrogens (tertiary/aromatic N) is 1. The summed E-state index contributed by atoms with van der Waals surface area (Å²) in [6, 6.07) is 2.09. The van der Waals surface area contributed by atoms with Crippen molar-refractivity contribution in [1.82, 2.24) is 0 Å². The Hall–Kier alpha value is -0.710. The van der Waals surface area contributed by atoms with Crippen molar-refractivity contribution in [2.75, 3.05) is 0 Å². The van der Waals surface area contributed by atoms with Crippen molar-refractivity contribution >= 4 is 0 Å². The Morgan fingerprint density at radius 3 is 2.06 bits per heavy atom. The molecule has 0 saturated carbocycles. The summed E-state index contributed by atoms with van der Waals surface area (Å²) < 4.78 is 28.6. The molecule has 3 rings (SSSR count). The lowest BCUT2D eigenvalue weighted by atomic mass is 10.00. The van der Waals surface area contributed by atoms with Crippen LogP contribution in [0.3, 0.4) is 0 Å². The third kappa shape index (κ3) is 1.83. The van der Waals surface area contributed by atoms with Crippen LogP contribution in [0.4, 0.5) is 0 Å². The molecule has 3 saturated heterocycles. The number of ether oxygens (including phenoxy) is 5. The molecule has 3 aliphatic heterocycles. The average molecular weight is 255 g/mol. The van der Waals surface area contributed by atoms with Gasteiger partial charge in [-0.25, -0.2) is 0 Å². The van der Waals surface area contributed by atoms with Gasteiger partial charge in [-0.3, -0.25) is 0 Å². The van der Waals surface area contributed by atoms with Crippen LogP contribution in [0.2, 0.25) is 0 Å². The first kappa shape index (κ1) is 12.3. The van der Waals surface area contributed by atoms with Crippen LogP contribution in [0, 0.1) is 11.3 Å². The molecule has 18 heavy (non-hydrogen) atoms. The molecule has 5 atom stereocenters. The fourth-order valence-corrected chi connectivity index (χ4v) is 2.72. The quantitative estimate of drug-likeness (QED) is 0.640. The fourth-order valence-electron chi connectivity index (χ4n) is 2.72. The van der Waals surface area contributed by atoms with Gasteiger partial charge in [-0.2, -0.15) is 5.26 Å². The first-order chi connectivity index (χ1) is 8.31. The van der Waals surface area contributed by atoms with Crippen LogP contribution in [0.5, 0.6) is 0 Å². The lowest BCUT2D eigenvalue weighted by Crippen LogP contribution is -2.54. The SMILES string of the molecule is CC1(C)O[C@H]2[C@@H](O1)[C@@H](C#N)O[C@@H]1OC(C)(C)O[C@@H]12. The van der Waals surface area contributed by atoms with Crippen LogP contribution >= 0.6 is 0 Å². The van der Waals surface area contributed by atoms with Gasteiger partial charge in [0.1, 0.15) is 18.3 Å². The van der Waals surface area contributed by atoms with E-state index in [9.17, 15) is 0 Å². The highest BCUT2D eigenvalue weighted by molar-refractivity contribution is 5.06. The summed E-state index contributed by atoms with van der Waals surface area (Å²) in [7, 11) is 0. The Morgan fingerprint density at radius 2 is 1.39 bits per heavy atom. The van der Waals surface area contributed by atoms with Crippen molar-refractivity contribution in [1.29, 1.82) is 5.26 Å². The Kier molecular flexibility index (Phi) is 2.50. The zero-order valence-electron chi connectivity index (χ0n) is 10.9. The summed E-state index contributed by atoms with van der Waals surface area (Å²) in [5, 5.41) is 9.15. The van der Waals surface area contributed by atoms with Crippen molar-refractivity contribution in [3.8, 4) is 6.07 Å². The molecule has 100 valence electrons. The van der Waals surface area contributed by atoms with E-state index >= 15 is 0 Å². The summed E-state index contributed by atoms with van der Waals surface area (Å²) in [6.07, 6.45) is -2.43. The Morgan fingerprint density at radius 1 is 0.833 bits per heavy atom. The predicted molar refractivity (Wildman–Crippen MR) is 58.1 cm³/mol. The zero-order chi connectivity index (χ0) is 13.1. The van der Waals surface area contributed by atoms with Crippen LogP contribution in [-0.4, -0.2) is 42.3 Å². The number of nitriles is 1. The summed E-state index contributed by atoms with van der Waals surface area (Å²) in [5.41, 5.74) is 0. The largest absolute Gasteiger partial charge is 0.341 e. The summed E-state index contributed by atoms with van der Waals surface area (Å²) in [4.78, 5) is 0. The summed E-state index contributed by atoms with van der Waals surface area (Å²) >= 11 is 0. The molecule has 0 N–H and O–H groups in total. The summed E-state index contributed by atoms with van der Waals surface area (Å²) in [5.74, 6) is -1.47. The van der Waals surface area contributed by atoms with Crippen LogP contribution in [0.25, 0.3) is 0 Å². The van der Waals surface area contributed by atoms with Crippen molar-refractivity contribution in [3.63, 3.8) is 0 Å². The Labute approximate surface area is 106 Å². The van der Waals surface area contributed by atoms with E-state index in [2.05, 4.69) is 6.07 Å². The Balaban J connectivity index is 1.89. The smallest absolute Gasteiger partial charge is 0.191 e. The van der Waals surface area contributed by atoms with Crippen LogP contribution in [0.1, 0.15) is 27.7 Å². The van der Waals surface area contributed by atoms with Crippen molar-refractivity contribution < 1.29 is 23.7 Å². The molecule has 6 heteroatoms. The number of rotatable bonds is 0. The molecule has 0 aromatic carbocycles. The molecule has 3 aliphatic rings. The van der Waals surface area contributed by atoms with Gasteiger partial charge in [0.05, 0.1) is 6.07 Å². The Bertz CT molecular complexity index is 402. The second-order valence-corrected chi connectivity index (χ2v) is 5.72. The molecule has 0 aromatic rings. The van der Waals surface area contributed by atoms with Gasteiger partial charge in [0.15, 0.2) is 24.0 Å². The second-order valence-electron chi connectivity index (χ2n) is 5.72. The van der Waals surface area contributed by atoms with E-state index in [0.29, 0.717) is 0 Å². The van der Waals surface area contributed by atoms with E-state index in [1.165, 1.54) is 0 Å². The highest BCUT2D eigenvalue weighted by Crippen LogP contribution is 2.43. The van der Waals surface area contributed by atoms with Crippen LogP contribution in [-0.2, 0) is 23.7 Å². The number of fused-ring (bicyclic) bond motifs is 3. The van der Waals surface area contributed by atoms with E-state index in [1.807, 2.05) is 27.7 Å². The third-order valence-corrected chi connectivity index (χ3v) is 3.28. The average Bonchev–Trinajstić information content (AvgIpc) is 2.71. The maximum atomic E-state index is 9.15. The maximum Gasteiger partial charge on any atom is 0.191 e. The molecular formula is C12H17NO5. The molecule has 0 unspecified atom stereocenters. The van der Waals surface area contributed by atoms with Crippen molar-refractivity contribution in [2.24, 2.45) is 0 Å². The van der Waals surface area contributed by atoms with Crippen LogP contribution < -0.4 is 0 Å². The monoisotopic (exact) mass is 255 g/mol. The highest BCUT2D eigenvalue weighted by Gasteiger charge is 2.60. The third-order valence-electron chi connectivity index (χ3n) is 3.28. The minimum absolute atomic E-state index is 0.342. The molecule has 0 radical (unpaired) electrons. The van der Waals surface area contributed by atoms with Crippen LogP contribution in [0.15, 0.2) is 0 Å². The molecule has 3 fully saturated rings. The topological polar surface area (TPSA) is 69.9 Å². The molecule has 0 aromatic heterocycles. The maximum absolute atomic E-state index is 9.15. The van der Waals surface area contributed by atoms with Gasteiger partial charge in [-0.1, -0.05) is 0 Å². The fraction of sp³-hybridized carbons (Fsp3) is 0.917. The molecule has 0 aliphatic carbocycles. The van der Waals surface area contributed by atoms with E-state index in [1.54, 1.807) is 0 Å². The van der Waals surface area contributed by atoms with Gasteiger partial charge in [-0.05, 0) is 27.7 Å². The van der Waals surface area contributed by atoms with E-state index in [4.69, 9.17) is 28.9 Å². The second kappa shape index (κ2) is 3.65. The lowest BCUT2D eigenvalue weighted by molar-refractivity contribution is -0.220. The molecular weight excluding hydrogens is 238 g/mol. The van der Waals surface area contributed by atoms with Gasteiger partial charge in [0.25, 0.3) is 0 Å². The minimum atomic E-state index is -0.737. The highest BCUT2D eigenvalue weighted by atomic mass is 16.9. The molecule has 0 amide bonds. The zero-order valence-corrected chi connectivity index (χ0v) is 10.9. The first-order valence-corrected chi connectivity index (χ1v) is 6.08.